The van der Waals surface area contributed by atoms with E-state index in [1.165, 1.54) is 0 Å². The molecule has 0 aromatic heterocycles. The molecule has 0 aliphatic carbocycles. The number of nitrogens with one attached hydrogen (secondary N) is 4. The van der Waals surface area contributed by atoms with Gasteiger partial charge in [0.1, 0.15) is 18.1 Å². The first-order valence-corrected chi connectivity index (χ1v) is 10.7. The molecule has 1 aliphatic heterocycles. The number of aliphatic carboxylic acids is 3. The predicted molar refractivity (Wildman–Crippen MR) is 113 cm³/mol. The standard InChI is InChI=1S/C20H32N4O9/c1-10(2)8-13(19(31)24-14(20(32)33)9-16(27)28)23-18(30)12(5-6-15(25)26)22-17(29)11-4-3-7-21-11/h10-14,21H,3-9H2,1-2H3,(H,22,29)(H,23,30)(H,24,31)(H,25,26)(H,27,28)(H,32,33). The molecule has 3 amide bonds. The Hall–Kier alpha value is -3.22. The van der Waals surface area contributed by atoms with Crippen molar-refractivity contribution < 1.29 is 44.1 Å². The quantitative estimate of drug-likeness (QED) is 0.158. The van der Waals surface area contributed by atoms with Gasteiger partial charge in [-0.2, -0.15) is 0 Å². The van der Waals surface area contributed by atoms with Crippen molar-refractivity contribution in [2.75, 3.05) is 6.54 Å². The van der Waals surface area contributed by atoms with E-state index in [0.29, 0.717) is 13.0 Å². The molecule has 0 aromatic carbocycles. The zero-order valence-electron chi connectivity index (χ0n) is 18.6. The lowest BCUT2D eigenvalue weighted by atomic mass is 10.0. The Balaban J connectivity index is 2.95. The minimum Gasteiger partial charge on any atom is -0.481 e. The van der Waals surface area contributed by atoms with E-state index in [-0.39, 0.29) is 18.8 Å². The second-order valence-electron chi connectivity index (χ2n) is 8.33. The summed E-state index contributed by atoms with van der Waals surface area (Å²) in [5.74, 6) is -6.41. The zero-order valence-corrected chi connectivity index (χ0v) is 18.6. The maximum absolute atomic E-state index is 12.9. The third-order valence-corrected chi connectivity index (χ3v) is 4.99. The lowest BCUT2D eigenvalue weighted by Gasteiger charge is -2.25. The molecule has 13 heteroatoms. The largest absolute Gasteiger partial charge is 0.481 e. The first-order chi connectivity index (χ1) is 15.4. The number of carboxylic acids is 3. The molecular weight excluding hydrogens is 440 g/mol. The van der Waals surface area contributed by atoms with Crippen LogP contribution in [0.3, 0.4) is 0 Å². The molecule has 4 atom stereocenters. The van der Waals surface area contributed by atoms with Crippen molar-refractivity contribution in [2.45, 2.75) is 76.5 Å². The van der Waals surface area contributed by atoms with Crippen molar-refractivity contribution in [3.05, 3.63) is 0 Å². The highest BCUT2D eigenvalue weighted by atomic mass is 16.4. The lowest BCUT2D eigenvalue weighted by molar-refractivity contribution is -0.147. The molecule has 0 bridgehead atoms. The molecule has 4 unspecified atom stereocenters. The van der Waals surface area contributed by atoms with Crippen LogP contribution in [-0.2, 0) is 28.8 Å². The van der Waals surface area contributed by atoms with Crippen LogP contribution in [0.15, 0.2) is 0 Å². The van der Waals surface area contributed by atoms with E-state index in [2.05, 4.69) is 21.3 Å². The Kier molecular flexibility index (Phi) is 11.3. The van der Waals surface area contributed by atoms with Crippen molar-refractivity contribution in [1.29, 1.82) is 0 Å². The number of hydrogen-bond acceptors (Lipinski definition) is 7. The number of rotatable bonds is 14. The summed E-state index contributed by atoms with van der Waals surface area (Å²) in [6.07, 6.45) is -0.0289. The van der Waals surface area contributed by atoms with E-state index >= 15 is 0 Å². The van der Waals surface area contributed by atoms with Crippen molar-refractivity contribution >= 4 is 35.6 Å². The Morgan fingerprint density at radius 1 is 0.879 bits per heavy atom. The average molecular weight is 472 g/mol. The molecule has 13 nitrogen and oxygen atoms in total. The molecule has 1 heterocycles. The highest BCUT2D eigenvalue weighted by Gasteiger charge is 2.32. The van der Waals surface area contributed by atoms with E-state index in [0.717, 1.165) is 6.42 Å². The Morgan fingerprint density at radius 3 is 1.97 bits per heavy atom. The summed E-state index contributed by atoms with van der Waals surface area (Å²) in [7, 11) is 0. The van der Waals surface area contributed by atoms with E-state index in [1.54, 1.807) is 13.8 Å². The molecule has 186 valence electrons. The highest BCUT2D eigenvalue weighted by molar-refractivity contribution is 5.94. The first-order valence-electron chi connectivity index (χ1n) is 10.7. The van der Waals surface area contributed by atoms with Crippen molar-refractivity contribution in [2.24, 2.45) is 5.92 Å². The van der Waals surface area contributed by atoms with E-state index in [4.69, 9.17) is 15.3 Å². The van der Waals surface area contributed by atoms with Crippen LogP contribution in [0.2, 0.25) is 0 Å². The molecule has 1 saturated heterocycles. The van der Waals surface area contributed by atoms with Gasteiger partial charge in [-0.05, 0) is 38.1 Å². The second-order valence-corrected chi connectivity index (χ2v) is 8.33. The second kappa shape index (κ2) is 13.4. The van der Waals surface area contributed by atoms with Gasteiger partial charge in [-0.1, -0.05) is 13.8 Å². The van der Waals surface area contributed by atoms with Crippen LogP contribution < -0.4 is 21.3 Å². The normalized spacial score (nSPS) is 18.1. The van der Waals surface area contributed by atoms with Gasteiger partial charge in [0.05, 0.1) is 12.5 Å². The molecule has 0 radical (unpaired) electrons. The summed E-state index contributed by atoms with van der Waals surface area (Å²) in [4.78, 5) is 71.1. The van der Waals surface area contributed by atoms with Gasteiger partial charge in [-0.3, -0.25) is 24.0 Å². The van der Waals surface area contributed by atoms with Crippen molar-refractivity contribution in [1.82, 2.24) is 21.3 Å². The monoisotopic (exact) mass is 472 g/mol. The van der Waals surface area contributed by atoms with Gasteiger partial charge < -0.3 is 36.6 Å². The Morgan fingerprint density at radius 2 is 1.48 bits per heavy atom. The minimum atomic E-state index is -1.70. The third kappa shape index (κ3) is 10.3. The summed E-state index contributed by atoms with van der Waals surface area (Å²) in [5.41, 5.74) is 0. The van der Waals surface area contributed by atoms with Gasteiger partial charge in [0, 0.05) is 6.42 Å². The van der Waals surface area contributed by atoms with E-state index in [1.807, 2.05) is 0 Å². The van der Waals surface area contributed by atoms with Crippen LogP contribution in [-0.4, -0.2) is 81.7 Å². The third-order valence-electron chi connectivity index (χ3n) is 4.99. The number of carbonyl (C=O) groups is 6. The summed E-state index contributed by atoms with van der Waals surface area (Å²) < 4.78 is 0. The van der Waals surface area contributed by atoms with E-state index < -0.39 is 72.6 Å². The van der Waals surface area contributed by atoms with Crippen molar-refractivity contribution in [3.63, 3.8) is 0 Å². The lowest BCUT2D eigenvalue weighted by Crippen LogP contribution is -2.57. The topological polar surface area (TPSA) is 211 Å². The van der Waals surface area contributed by atoms with Crippen LogP contribution in [0.5, 0.6) is 0 Å². The molecule has 0 saturated carbocycles. The smallest absolute Gasteiger partial charge is 0.326 e. The number of hydrogen-bond donors (Lipinski definition) is 7. The summed E-state index contributed by atoms with van der Waals surface area (Å²) in [5, 5.41) is 37.0. The first kappa shape index (κ1) is 27.8. The van der Waals surface area contributed by atoms with Gasteiger partial charge in [0.25, 0.3) is 0 Å². The predicted octanol–water partition coefficient (Wildman–Crippen LogP) is -1.34. The van der Waals surface area contributed by atoms with E-state index in [9.17, 15) is 28.8 Å². The van der Waals surface area contributed by atoms with Gasteiger partial charge in [0.15, 0.2) is 0 Å². The number of amides is 3. The summed E-state index contributed by atoms with van der Waals surface area (Å²) in [6, 6.07) is -4.65. The van der Waals surface area contributed by atoms with Crippen LogP contribution in [0.25, 0.3) is 0 Å². The number of carboxylic acid groups (broad SMARTS) is 3. The molecule has 1 fully saturated rings. The van der Waals surface area contributed by atoms with Gasteiger partial charge in [0.2, 0.25) is 17.7 Å². The maximum atomic E-state index is 12.9. The fraction of sp³-hybridized carbons (Fsp3) is 0.700. The molecular formula is C20H32N4O9. The van der Waals surface area contributed by atoms with Gasteiger partial charge >= 0.3 is 17.9 Å². The minimum absolute atomic E-state index is 0.0980. The molecule has 0 aromatic rings. The van der Waals surface area contributed by atoms with Crippen LogP contribution in [0.1, 0.15) is 52.4 Å². The van der Waals surface area contributed by atoms with Gasteiger partial charge in [-0.15, -0.1) is 0 Å². The zero-order chi connectivity index (χ0) is 25.1. The van der Waals surface area contributed by atoms with Crippen LogP contribution in [0, 0.1) is 5.92 Å². The van der Waals surface area contributed by atoms with Gasteiger partial charge in [-0.25, -0.2) is 4.79 Å². The van der Waals surface area contributed by atoms with Crippen LogP contribution >= 0.6 is 0 Å². The fourth-order valence-corrected chi connectivity index (χ4v) is 3.34. The molecule has 1 rings (SSSR count). The molecule has 33 heavy (non-hydrogen) atoms. The van der Waals surface area contributed by atoms with Crippen LogP contribution in [0.4, 0.5) is 0 Å². The average Bonchev–Trinajstić information content (AvgIpc) is 3.23. The SMILES string of the molecule is CC(C)CC(NC(=O)C(CCC(=O)O)NC(=O)C1CCCN1)C(=O)NC(CC(=O)O)C(=O)O. The Bertz CT molecular complexity index is 750. The maximum Gasteiger partial charge on any atom is 0.326 e. The summed E-state index contributed by atoms with van der Waals surface area (Å²) in [6.45, 7) is 4.16. The summed E-state index contributed by atoms with van der Waals surface area (Å²) >= 11 is 0. The Labute approximate surface area is 190 Å². The molecule has 1 aliphatic rings. The number of carbonyl (C=O) groups excluding carboxylic acids is 3. The molecule has 7 N–H and O–H groups in total. The highest BCUT2D eigenvalue weighted by Crippen LogP contribution is 2.10. The molecule has 0 spiro atoms. The fourth-order valence-electron chi connectivity index (χ4n) is 3.34. The van der Waals surface area contributed by atoms with Crippen molar-refractivity contribution in [3.8, 4) is 0 Å².